The molecule has 2 aromatic rings. The highest BCUT2D eigenvalue weighted by Crippen LogP contribution is 2.22. The molecule has 1 N–H and O–H groups in total. The molecule has 8 heteroatoms. The van der Waals surface area contributed by atoms with Gasteiger partial charge >= 0.3 is 0 Å². The minimum absolute atomic E-state index is 0.199. The fraction of sp³-hybridized carbons (Fsp3) is 0.273. The Labute approximate surface area is 119 Å². The van der Waals surface area contributed by atoms with Gasteiger partial charge < -0.3 is 4.52 Å². The van der Waals surface area contributed by atoms with Crippen molar-refractivity contribution < 1.29 is 12.9 Å². The zero-order valence-electron chi connectivity index (χ0n) is 10.1. The van der Waals surface area contributed by atoms with Gasteiger partial charge in [-0.25, -0.2) is 13.1 Å². The highest BCUT2D eigenvalue weighted by molar-refractivity contribution is 9.10. The Hall–Kier alpha value is -1.25. The summed E-state index contributed by atoms with van der Waals surface area (Å²) in [5, 5.41) is 3.45. The van der Waals surface area contributed by atoms with Crippen molar-refractivity contribution in [2.45, 2.75) is 18.2 Å². The number of nitrogens with one attached hydrogen (secondary N) is 1. The number of sulfonamides is 1. The largest absolute Gasteiger partial charge is 0.340 e. The number of nitrogens with zero attached hydrogens (tertiary/aromatic N) is 2. The van der Waals surface area contributed by atoms with Crippen LogP contribution in [0.3, 0.4) is 0 Å². The fourth-order valence-electron chi connectivity index (χ4n) is 1.50. The molecule has 0 aliphatic heterocycles. The Bertz CT molecular complexity index is 656. The van der Waals surface area contributed by atoms with E-state index in [0.717, 1.165) is 5.56 Å². The average Bonchev–Trinajstić information content (AvgIpc) is 2.81. The van der Waals surface area contributed by atoms with Gasteiger partial charge in [0.25, 0.3) is 0 Å². The maximum absolute atomic E-state index is 12.1. The van der Waals surface area contributed by atoms with E-state index < -0.39 is 10.0 Å². The van der Waals surface area contributed by atoms with Crippen LogP contribution in [0.5, 0.6) is 0 Å². The van der Waals surface area contributed by atoms with E-state index in [9.17, 15) is 8.42 Å². The van der Waals surface area contributed by atoms with Crippen molar-refractivity contribution in [1.82, 2.24) is 14.9 Å². The van der Waals surface area contributed by atoms with E-state index in [-0.39, 0.29) is 11.4 Å². The molecule has 0 radical (unpaired) electrons. The predicted octanol–water partition coefficient (Wildman–Crippen LogP) is 1.66. The van der Waals surface area contributed by atoms with E-state index in [1.54, 1.807) is 18.2 Å². The summed E-state index contributed by atoms with van der Waals surface area (Å²) in [7, 11) is -3.55. The van der Waals surface area contributed by atoms with Gasteiger partial charge in [0.15, 0.2) is 6.33 Å². The van der Waals surface area contributed by atoms with Crippen molar-refractivity contribution in [3.63, 3.8) is 0 Å². The number of rotatable bonds is 5. The lowest BCUT2D eigenvalue weighted by Gasteiger charge is -2.08. The molecule has 0 spiro atoms. The molecule has 102 valence electrons. The number of halogens is 1. The summed E-state index contributed by atoms with van der Waals surface area (Å²) in [5.74, 6) is 0.394. The first-order chi connectivity index (χ1) is 8.99. The van der Waals surface area contributed by atoms with Crippen molar-refractivity contribution in [3.05, 3.63) is 40.5 Å². The van der Waals surface area contributed by atoms with Crippen molar-refractivity contribution in [2.24, 2.45) is 0 Å². The third-order valence-electron chi connectivity index (χ3n) is 2.41. The highest BCUT2D eigenvalue weighted by atomic mass is 79.9. The van der Waals surface area contributed by atoms with Crippen LogP contribution in [0.25, 0.3) is 0 Å². The van der Waals surface area contributed by atoms with Gasteiger partial charge in [-0.05, 0) is 40.5 Å². The van der Waals surface area contributed by atoms with Crippen LogP contribution >= 0.6 is 15.9 Å². The molecule has 1 aromatic heterocycles. The van der Waals surface area contributed by atoms with E-state index >= 15 is 0 Å². The molecule has 0 bridgehead atoms. The molecule has 0 fully saturated rings. The fourth-order valence-corrected chi connectivity index (χ4v) is 3.72. The summed E-state index contributed by atoms with van der Waals surface area (Å²) in [6.07, 6.45) is 1.63. The van der Waals surface area contributed by atoms with Crippen LogP contribution < -0.4 is 4.72 Å². The molecule has 2 rings (SSSR count). The van der Waals surface area contributed by atoms with Crippen LogP contribution in [0.4, 0.5) is 0 Å². The Kier molecular flexibility index (Phi) is 4.33. The van der Waals surface area contributed by atoms with Gasteiger partial charge in [-0.1, -0.05) is 11.2 Å². The standard InChI is InChI=1S/C11H12BrN3O3S/c1-8-2-3-10(9(12)6-8)19(16,17)15-5-4-11-13-7-14-18-11/h2-3,6-7,15H,4-5H2,1H3. The summed E-state index contributed by atoms with van der Waals surface area (Å²) in [6.45, 7) is 2.09. The van der Waals surface area contributed by atoms with E-state index in [0.29, 0.717) is 16.8 Å². The molecule has 19 heavy (non-hydrogen) atoms. The second kappa shape index (κ2) is 5.81. The molecule has 1 heterocycles. The molecule has 0 aliphatic carbocycles. The van der Waals surface area contributed by atoms with Crippen molar-refractivity contribution in [3.8, 4) is 0 Å². The first-order valence-electron chi connectivity index (χ1n) is 5.50. The van der Waals surface area contributed by atoms with Gasteiger partial charge in [-0.2, -0.15) is 4.98 Å². The first kappa shape index (κ1) is 14.2. The van der Waals surface area contributed by atoms with Gasteiger partial charge in [-0.15, -0.1) is 0 Å². The van der Waals surface area contributed by atoms with Gasteiger partial charge in [0.05, 0.1) is 4.90 Å². The smallest absolute Gasteiger partial charge is 0.241 e. The summed E-state index contributed by atoms with van der Waals surface area (Å²) in [4.78, 5) is 4.03. The molecule has 0 aliphatic rings. The molecule has 6 nitrogen and oxygen atoms in total. The van der Waals surface area contributed by atoms with Gasteiger partial charge in [0, 0.05) is 17.4 Å². The summed E-state index contributed by atoms with van der Waals surface area (Å²) < 4.78 is 32.0. The van der Waals surface area contributed by atoms with Gasteiger partial charge in [0.2, 0.25) is 15.9 Å². The van der Waals surface area contributed by atoms with Gasteiger partial charge in [-0.3, -0.25) is 0 Å². The van der Waals surface area contributed by atoms with E-state index in [1.165, 1.54) is 6.33 Å². The van der Waals surface area contributed by atoms with Gasteiger partial charge in [0.1, 0.15) is 0 Å². The maximum atomic E-state index is 12.1. The van der Waals surface area contributed by atoms with Crippen LogP contribution in [-0.2, 0) is 16.4 Å². The third-order valence-corrected chi connectivity index (χ3v) is 4.85. The monoisotopic (exact) mass is 345 g/mol. The van der Waals surface area contributed by atoms with Crippen molar-refractivity contribution >= 4 is 26.0 Å². The number of hydrogen-bond acceptors (Lipinski definition) is 5. The molecule has 0 saturated heterocycles. The Balaban J connectivity index is 2.05. The second-order valence-corrected chi connectivity index (χ2v) is 6.51. The topological polar surface area (TPSA) is 85.1 Å². The van der Waals surface area contributed by atoms with E-state index in [2.05, 4.69) is 30.8 Å². The number of hydrogen-bond donors (Lipinski definition) is 1. The highest BCUT2D eigenvalue weighted by Gasteiger charge is 2.17. The molecule has 1 aromatic carbocycles. The van der Waals surface area contributed by atoms with Crippen molar-refractivity contribution in [1.29, 1.82) is 0 Å². The Morgan fingerprint density at radius 3 is 2.84 bits per heavy atom. The van der Waals surface area contributed by atoms with Crippen LogP contribution in [0.15, 0.2) is 38.4 Å². The minimum atomic E-state index is -3.55. The first-order valence-corrected chi connectivity index (χ1v) is 7.78. The quantitative estimate of drug-likeness (QED) is 0.890. The zero-order chi connectivity index (χ0) is 13.9. The molecular weight excluding hydrogens is 334 g/mol. The Morgan fingerprint density at radius 1 is 1.42 bits per heavy atom. The molecule has 0 amide bonds. The number of benzene rings is 1. The van der Waals surface area contributed by atoms with E-state index in [4.69, 9.17) is 4.52 Å². The SMILES string of the molecule is Cc1ccc(S(=O)(=O)NCCc2ncno2)c(Br)c1. The third kappa shape index (κ3) is 3.62. The lowest BCUT2D eigenvalue weighted by atomic mass is 10.2. The molecule has 0 unspecified atom stereocenters. The summed E-state index contributed by atoms with van der Waals surface area (Å²) >= 11 is 3.25. The summed E-state index contributed by atoms with van der Waals surface area (Å²) in [6, 6.07) is 5.07. The van der Waals surface area contributed by atoms with Crippen molar-refractivity contribution in [2.75, 3.05) is 6.54 Å². The minimum Gasteiger partial charge on any atom is -0.340 e. The van der Waals surface area contributed by atoms with Crippen LogP contribution in [0, 0.1) is 6.92 Å². The Morgan fingerprint density at radius 2 is 2.21 bits per heavy atom. The number of aryl methyl sites for hydroxylation is 1. The lowest BCUT2D eigenvalue weighted by Crippen LogP contribution is -2.26. The molecular formula is C11H12BrN3O3S. The maximum Gasteiger partial charge on any atom is 0.241 e. The van der Waals surface area contributed by atoms with Crippen LogP contribution in [0.1, 0.15) is 11.5 Å². The predicted molar refractivity (Wildman–Crippen MR) is 72.1 cm³/mol. The lowest BCUT2D eigenvalue weighted by molar-refractivity contribution is 0.377. The number of aromatic nitrogens is 2. The van der Waals surface area contributed by atoms with E-state index in [1.807, 2.05) is 6.92 Å². The van der Waals surface area contributed by atoms with Crippen LogP contribution in [0.2, 0.25) is 0 Å². The van der Waals surface area contributed by atoms with Crippen LogP contribution in [-0.4, -0.2) is 25.1 Å². The summed E-state index contributed by atoms with van der Waals surface area (Å²) in [5.41, 5.74) is 0.983. The normalized spacial score (nSPS) is 11.7. The average molecular weight is 346 g/mol. The zero-order valence-corrected chi connectivity index (χ0v) is 12.5. The molecule has 0 atom stereocenters. The second-order valence-electron chi connectivity index (χ2n) is 3.92. The molecule has 0 saturated carbocycles.